The first-order chi connectivity index (χ1) is 12.4. The van der Waals surface area contributed by atoms with Gasteiger partial charge in [-0.25, -0.2) is 4.98 Å². The fraction of sp³-hybridized carbons (Fsp3) is 0.263. The van der Waals surface area contributed by atoms with Crippen molar-refractivity contribution in [2.45, 2.75) is 27.3 Å². The van der Waals surface area contributed by atoms with Crippen molar-refractivity contribution in [1.29, 1.82) is 0 Å². The van der Waals surface area contributed by atoms with Crippen LogP contribution in [0.5, 0.6) is 0 Å². The number of rotatable bonds is 5. The molecule has 0 spiro atoms. The van der Waals surface area contributed by atoms with Crippen molar-refractivity contribution in [1.82, 2.24) is 14.8 Å². The van der Waals surface area contributed by atoms with E-state index in [9.17, 15) is 10.1 Å². The van der Waals surface area contributed by atoms with E-state index in [1.807, 2.05) is 25.1 Å². The van der Waals surface area contributed by atoms with Gasteiger partial charge >= 0.3 is 0 Å². The molecule has 0 bridgehead atoms. The van der Waals surface area contributed by atoms with Crippen LogP contribution < -0.4 is 0 Å². The highest BCUT2D eigenvalue weighted by atomic mass is 35.5. The van der Waals surface area contributed by atoms with Crippen LogP contribution in [0.2, 0.25) is 5.15 Å². The molecule has 7 heteroatoms. The lowest BCUT2D eigenvalue weighted by atomic mass is 10.1. The minimum absolute atomic E-state index is 0.00304. The Morgan fingerprint density at radius 3 is 2.73 bits per heavy atom. The fourth-order valence-corrected chi connectivity index (χ4v) is 3.09. The number of nitrogens with zero attached hydrogens (tertiary/aromatic N) is 4. The van der Waals surface area contributed by atoms with Gasteiger partial charge in [-0.1, -0.05) is 43.6 Å². The number of aromatic nitrogens is 3. The largest absolute Gasteiger partial charge is 0.295 e. The number of aryl methyl sites for hydroxylation is 1. The summed E-state index contributed by atoms with van der Waals surface area (Å²) in [4.78, 5) is 15.2. The Labute approximate surface area is 156 Å². The smallest absolute Gasteiger partial charge is 0.258 e. The van der Waals surface area contributed by atoms with Gasteiger partial charge in [-0.15, -0.1) is 0 Å². The van der Waals surface area contributed by atoms with E-state index in [2.05, 4.69) is 23.9 Å². The van der Waals surface area contributed by atoms with Crippen molar-refractivity contribution >= 4 is 40.3 Å². The molecule has 3 rings (SSSR count). The predicted octanol–water partition coefficient (Wildman–Crippen LogP) is 5.13. The zero-order valence-electron chi connectivity index (χ0n) is 14.8. The fourth-order valence-electron chi connectivity index (χ4n) is 2.78. The number of non-ortho nitro benzene ring substituents is 1. The second-order valence-corrected chi connectivity index (χ2v) is 6.90. The Morgan fingerprint density at radius 1 is 1.27 bits per heavy atom. The molecule has 0 N–H and O–H groups in total. The second-order valence-electron chi connectivity index (χ2n) is 6.54. The number of fused-ring (bicyclic) bond motifs is 1. The Morgan fingerprint density at radius 2 is 2.04 bits per heavy atom. The summed E-state index contributed by atoms with van der Waals surface area (Å²) in [5, 5.41) is 17.0. The SMILES string of the molecule is Cc1nn(CC(C)C)c(Cl)c1/C=C/c1ccc2cccc([N+](=O)[O-])c2n1. The average molecular weight is 371 g/mol. The maximum atomic E-state index is 11.2. The highest BCUT2D eigenvalue weighted by Gasteiger charge is 2.14. The molecule has 0 radical (unpaired) electrons. The molecule has 0 aliphatic carbocycles. The summed E-state index contributed by atoms with van der Waals surface area (Å²) in [7, 11) is 0. The molecule has 0 saturated carbocycles. The lowest BCUT2D eigenvalue weighted by Gasteiger charge is -2.05. The van der Waals surface area contributed by atoms with Gasteiger partial charge in [-0.05, 0) is 31.1 Å². The highest BCUT2D eigenvalue weighted by molar-refractivity contribution is 6.31. The van der Waals surface area contributed by atoms with Gasteiger partial charge in [-0.2, -0.15) is 5.10 Å². The summed E-state index contributed by atoms with van der Waals surface area (Å²) < 4.78 is 1.79. The molecule has 0 aliphatic rings. The van der Waals surface area contributed by atoms with Gasteiger partial charge in [0.1, 0.15) is 10.7 Å². The van der Waals surface area contributed by atoms with Crippen LogP contribution in [-0.2, 0) is 6.54 Å². The molecule has 0 fully saturated rings. The van der Waals surface area contributed by atoms with E-state index in [4.69, 9.17) is 11.6 Å². The normalized spacial score (nSPS) is 11.7. The third kappa shape index (κ3) is 3.60. The van der Waals surface area contributed by atoms with Crippen molar-refractivity contribution in [3.63, 3.8) is 0 Å². The third-order valence-electron chi connectivity index (χ3n) is 3.99. The molecule has 1 aromatic carbocycles. The minimum Gasteiger partial charge on any atom is -0.258 e. The van der Waals surface area contributed by atoms with Crippen LogP contribution in [0.3, 0.4) is 0 Å². The van der Waals surface area contributed by atoms with Crippen LogP contribution in [0.4, 0.5) is 5.69 Å². The molecule has 2 aromatic heterocycles. The molecule has 2 heterocycles. The van der Waals surface area contributed by atoms with Gasteiger partial charge in [-0.3, -0.25) is 14.8 Å². The lowest BCUT2D eigenvalue weighted by molar-refractivity contribution is -0.383. The highest BCUT2D eigenvalue weighted by Crippen LogP contribution is 2.26. The van der Waals surface area contributed by atoms with Crippen LogP contribution in [0.25, 0.3) is 23.1 Å². The van der Waals surface area contributed by atoms with E-state index in [0.29, 0.717) is 22.3 Å². The first-order valence-electron chi connectivity index (χ1n) is 8.32. The molecule has 3 aromatic rings. The van der Waals surface area contributed by atoms with Crippen molar-refractivity contribution in [3.05, 3.63) is 62.6 Å². The predicted molar refractivity (Wildman–Crippen MR) is 104 cm³/mol. The molecule has 6 nitrogen and oxygen atoms in total. The molecule has 134 valence electrons. The summed E-state index contributed by atoms with van der Waals surface area (Å²) in [6.45, 7) is 6.86. The number of hydrogen-bond donors (Lipinski definition) is 0. The lowest BCUT2D eigenvalue weighted by Crippen LogP contribution is -2.06. The van der Waals surface area contributed by atoms with Crippen LogP contribution in [-0.4, -0.2) is 19.7 Å². The molecule has 0 unspecified atom stereocenters. The summed E-state index contributed by atoms with van der Waals surface area (Å²) in [5.41, 5.74) is 2.66. The van der Waals surface area contributed by atoms with E-state index < -0.39 is 4.92 Å². The van der Waals surface area contributed by atoms with Gasteiger partial charge < -0.3 is 0 Å². The monoisotopic (exact) mass is 370 g/mol. The van der Waals surface area contributed by atoms with Gasteiger partial charge in [0.2, 0.25) is 0 Å². The van der Waals surface area contributed by atoms with Crippen LogP contribution in [0.15, 0.2) is 30.3 Å². The zero-order valence-corrected chi connectivity index (χ0v) is 15.6. The number of para-hydroxylation sites is 1. The first kappa shape index (κ1) is 18.1. The van der Waals surface area contributed by atoms with Gasteiger partial charge in [0.05, 0.1) is 16.3 Å². The van der Waals surface area contributed by atoms with Crippen molar-refractivity contribution in [2.75, 3.05) is 0 Å². The number of halogens is 1. The maximum Gasteiger partial charge on any atom is 0.295 e. The third-order valence-corrected chi connectivity index (χ3v) is 4.38. The Balaban J connectivity index is 1.98. The van der Waals surface area contributed by atoms with E-state index in [0.717, 1.165) is 23.2 Å². The van der Waals surface area contributed by atoms with Crippen molar-refractivity contribution in [2.24, 2.45) is 5.92 Å². The first-order valence-corrected chi connectivity index (χ1v) is 8.69. The number of benzene rings is 1. The maximum absolute atomic E-state index is 11.2. The summed E-state index contributed by atoms with van der Waals surface area (Å²) in [5.74, 6) is 0.436. The van der Waals surface area contributed by atoms with E-state index in [1.165, 1.54) is 6.07 Å². The topological polar surface area (TPSA) is 73.8 Å². The van der Waals surface area contributed by atoms with E-state index >= 15 is 0 Å². The molecule has 0 saturated heterocycles. The molecular formula is C19H19ClN4O2. The average Bonchev–Trinajstić information content (AvgIpc) is 2.85. The summed E-state index contributed by atoms with van der Waals surface area (Å²) >= 11 is 6.44. The number of nitro benzene ring substituents is 1. The minimum atomic E-state index is -0.417. The Kier molecular flexibility index (Phi) is 5.04. The molecular weight excluding hydrogens is 352 g/mol. The molecule has 0 aliphatic heterocycles. The van der Waals surface area contributed by atoms with Crippen LogP contribution >= 0.6 is 11.6 Å². The van der Waals surface area contributed by atoms with Gasteiger partial charge in [0.25, 0.3) is 5.69 Å². The van der Waals surface area contributed by atoms with Gasteiger partial charge in [0.15, 0.2) is 0 Å². The standard InChI is InChI=1S/C19H19ClN4O2/c1-12(2)11-23-19(20)16(13(3)22-23)10-9-15-8-7-14-5-4-6-17(24(25)26)18(14)21-15/h4-10,12H,11H2,1-3H3/b10-9+. The summed E-state index contributed by atoms with van der Waals surface area (Å²) in [6, 6.07) is 8.57. The quantitative estimate of drug-likeness (QED) is 0.461. The molecule has 0 atom stereocenters. The van der Waals surface area contributed by atoms with E-state index in [1.54, 1.807) is 22.9 Å². The van der Waals surface area contributed by atoms with Gasteiger partial charge in [0, 0.05) is 23.6 Å². The van der Waals surface area contributed by atoms with E-state index in [-0.39, 0.29) is 5.69 Å². The Hall–Kier alpha value is -2.73. The van der Waals surface area contributed by atoms with Crippen LogP contribution in [0, 0.1) is 23.0 Å². The zero-order chi connectivity index (χ0) is 18.8. The number of nitro groups is 1. The number of pyridine rings is 1. The van der Waals surface area contributed by atoms with Crippen LogP contribution in [0.1, 0.15) is 30.8 Å². The second kappa shape index (κ2) is 7.25. The molecule has 26 heavy (non-hydrogen) atoms. The van der Waals surface area contributed by atoms with Crippen molar-refractivity contribution in [3.8, 4) is 0 Å². The molecule has 0 amide bonds. The number of hydrogen-bond acceptors (Lipinski definition) is 4. The van der Waals surface area contributed by atoms with Crippen molar-refractivity contribution < 1.29 is 4.92 Å². The summed E-state index contributed by atoms with van der Waals surface area (Å²) in [6.07, 6.45) is 3.65. The Bertz CT molecular complexity index is 1010.